The molecule has 0 aliphatic rings. The normalized spacial score (nSPS) is 11.6. The molecule has 0 bridgehead atoms. The van der Waals surface area contributed by atoms with E-state index in [9.17, 15) is 17.6 Å². The second kappa shape index (κ2) is 3.22. The zero-order valence-corrected chi connectivity index (χ0v) is 7.64. The van der Waals surface area contributed by atoms with Gasteiger partial charge in [0.1, 0.15) is 17.7 Å². The van der Waals surface area contributed by atoms with Crippen molar-refractivity contribution in [1.29, 1.82) is 0 Å². The zero-order valence-electron chi connectivity index (χ0n) is 7.64. The van der Waals surface area contributed by atoms with Crippen molar-refractivity contribution in [2.45, 2.75) is 13.5 Å². The average molecular weight is 218 g/mol. The molecule has 0 saturated carbocycles. The fourth-order valence-electron chi connectivity index (χ4n) is 1.35. The predicted octanol–water partition coefficient (Wildman–Crippen LogP) is 3.02. The minimum Gasteiger partial charge on any atom is -0.273 e. The van der Waals surface area contributed by atoms with E-state index in [0.717, 1.165) is 12.4 Å². The van der Waals surface area contributed by atoms with Crippen molar-refractivity contribution in [3.05, 3.63) is 29.6 Å². The first kappa shape index (κ1) is 9.95. The predicted molar refractivity (Wildman–Crippen MR) is 45.6 cm³/mol. The molecule has 0 unspecified atom stereocenters. The highest BCUT2D eigenvalue weighted by Crippen LogP contribution is 2.25. The smallest absolute Gasteiger partial charge is 0.273 e. The van der Waals surface area contributed by atoms with Crippen LogP contribution < -0.4 is 0 Å². The highest BCUT2D eigenvalue weighted by atomic mass is 19.3. The summed E-state index contributed by atoms with van der Waals surface area (Å²) in [5.41, 5.74) is -0.707. The monoisotopic (exact) mass is 218 g/mol. The van der Waals surface area contributed by atoms with Crippen molar-refractivity contribution in [1.82, 2.24) is 9.55 Å². The SMILES string of the molecule is Cc1c(F)cc2c(ncn2C(F)F)c1F. The van der Waals surface area contributed by atoms with Crippen LogP contribution in [0.25, 0.3) is 11.0 Å². The highest BCUT2D eigenvalue weighted by molar-refractivity contribution is 5.77. The van der Waals surface area contributed by atoms with Crippen molar-refractivity contribution < 1.29 is 17.6 Å². The fraction of sp³-hybridized carbons (Fsp3) is 0.222. The van der Waals surface area contributed by atoms with E-state index in [4.69, 9.17) is 0 Å². The Kier molecular flexibility index (Phi) is 2.13. The molecule has 0 aliphatic carbocycles. The van der Waals surface area contributed by atoms with Gasteiger partial charge in [0.25, 0.3) is 0 Å². The summed E-state index contributed by atoms with van der Waals surface area (Å²) in [5, 5.41) is 0. The van der Waals surface area contributed by atoms with Gasteiger partial charge in [0.05, 0.1) is 5.52 Å². The van der Waals surface area contributed by atoms with Crippen molar-refractivity contribution in [2.24, 2.45) is 0 Å². The zero-order chi connectivity index (χ0) is 11.2. The van der Waals surface area contributed by atoms with Crippen LogP contribution in [0, 0.1) is 18.6 Å². The van der Waals surface area contributed by atoms with Crippen LogP contribution in [0.5, 0.6) is 0 Å². The lowest BCUT2D eigenvalue weighted by Gasteiger charge is -2.03. The summed E-state index contributed by atoms with van der Waals surface area (Å²) < 4.78 is 51.6. The molecule has 1 aromatic carbocycles. The molecular weight excluding hydrogens is 212 g/mol. The van der Waals surface area contributed by atoms with Gasteiger partial charge in [0, 0.05) is 11.6 Å². The first-order chi connectivity index (χ1) is 7.02. The van der Waals surface area contributed by atoms with Gasteiger partial charge in [-0.2, -0.15) is 8.78 Å². The maximum atomic E-state index is 13.4. The van der Waals surface area contributed by atoms with Gasteiger partial charge in [-0.15, -0.1) is 0 Å². The molecule has 0 spiro atoms. The lowest BCUT2D eigenvalue weighted by atomic mass is 10.2. The lowest BCUT2D eigenvalue weighted by Crippen LogP contribution is -1.97. The number of imidazole rings is 1. The summed E-state index contributed by atoms with van der Waals surface area (Å²) >= 11 is 0. The van der Waals surface area contributed by atoms with Gasteiger partial charge >= 0.3 is 6.55 Å². The number of hydrogen-bond acceptors (Lipinski definition) is 1. The number of halogens is 4. The maximum Gasteiger partial charge on any atom is 0.320 e. The summed E-state index contributed by atoms with van der Waals surface area (Å²) in [7, 11) is 0. The topological polar surface area (TPSA) is 17.8 Å². The summed E-state index contributed by atoms with van der Waals surface area (Å²) in [4.78, 5) is 3.48. The van der Waals surface area contributed by atoms with Gasteiger partial charge in [-0.05, 0) is 6.92 Å². The quantitative estimate of drug-likeness (QED) is 0.672. The third-order valence-electron chi connectivity index (χ3n) is 2.20. The van der Waals surface area contributed by atoms with E-state index in [0.29, 0.717) is 4.57 Å². The molecule has 2 rings (SSSR count). The van der Waals surface area contributed by atoms with Crippen LogP contribution in [-0.4, -0.2) is 9.55 Å². The fourth-order valence-corrected chi connectivity index (χ4v) is 1.35. The minimum absolute atomic E-state index is 0.220. The molecule has 0 amide bonds. The third-order valence-corrected chi connectivity index (χ3v) is 2.20. The number of alkyl halides is 2. The molecule has 0 radical (unpaired) electrons. The van der Waals surface area contributed by atoms with Crippen LogP contribution in [0.3, 0.4) is 0 Å². The van der Waals surface area contributed by atoms with Crippen LogP contribution in [0.1, 0.15) is 12.1 Å². The Balaban J connectivity index is 2.83. The standard InChI is InChI=1S/C9H6F4N2/c1-4-5(10)2-6-8(7(4)11)14-3-15(6)9(12)13/h2-3,9H,1H3. The molecule has 2 aromatic rings. The third kappa shape index (κ3) is 1.36. The number of hydrogen-bond donors (Lipinski definition) is 0. The molecule has 6 heteroatoms. The molecule has 0 saturated heterocycles. The molecule has 0 atom stereocenters. The highest BCUT2D eigenvalue weighted by Gasteiger charge is 2.17. The van der Waals surface area contributed by atoms with Crippen LogP contribution in [0.15, 0.2) is 12.4 Å². The van der Waals surface area contributed by atoms with Gasteiger partial charge in [0.15, 0.2) is 5.82 Å². The van der Waals surface area contributed by atoms with Gasteiger partial charge in [-0.1, -0.05) is 0 Å². The van der Waals surface area contributed by atoms with E-state index in [1.54, 1.807) is 0 Å². The Morgan fingerprint density at radius 2 is 2.00 bits per heavy atom. The van der Waals surface area contributed by atoms with Crippen molar-refractivity contribution in [2.75, 3.05) is 0 Å². The second-order valence-electron chi connectivity index (χ2n) is 3.09. The number of aromatic nitrogens is 2. The van der Waals surface area contributed by atoms with Crippen LogP contribution in [0.4, 0.5) is 17.6 Å². The van der Waals surface area contributed by atoms with Gasteiger partial charge in [0.2, 0.25) is 0 Å². The molecule has 0 fully saturated rings. The molecule has 1 heterocycles. The Morgan fingerprint density at radius 1 is 1.33 bits per heavy atom. The maximum absolute atomic E-state index is 13.4. The van der Waals surface area contributed by atoms with Gasteiger partial charge in [-0.3, -0.25) is 4.57 Å². The Bertz CT molecular complexity index is 518. The summed E-state index contributed by atoms with van der Waals surface area (Å²) in [6, 6.07) is 0.854. The first-order valence-electron chi connectivity index (χ1n) is 4.11. The summed E-state index contributed by atoms with van der Waals surface area (Å²) in [6.07, 6.45) is 0.789. The van der Waals surface area contributed by atoms with Crippen molar-refractivity contribution in [3.63, 3.8) is 0 Å². The summed E-state index contributed by atoms with van der Waals surface area (Å²) in [6.45, 7) is -1.64. The lowest BCUT2D eigenvalue weighted by molar-refractivity contribution is 0.0745. The molecule has 0 aliphatic heterocycles. The first-order valence-corrected chi connectivity index (χ1v) is 4.11. The van der Waals surface area contributed by atoms with Crippen LogP contribution in [-0.2, 0) is 0 Å². The van der Waals surface area contributed by atoms with E-state index >= 15 is 0 Å². The van der Waals surface area contributed by atoms with E-state index in [1.165, 1.54) is 6.92 Å². The molecular formula is C9H6F4N2. The van der Waals surface area contributed by atoms with Crippen LogP contribution in [0.2, 0.25) is 0 Å². The summed E-state index contributed by atoms with van der Waals surface area (Å²) in [5.74, 6) is -1.76. The molecule has 1 aromatic heterocycles. The number of nitrogens with zero attached hydrogens (tertiary/aromatic N) is 2. The Morgan fingerprint density at radius 3 is 2.60 bits per heavy atom. The van der Waals surface area contributed by atoms with E-state index in [-0.39, 0.29) is 16.6 Å². The van der Waals surface area contributed by atoms with Crippen molar-refractivity contribution in [3.8, 4) is 0 Å². The number of rotatable bonds is 1. The molecule has 2 nitrogen and oxygen atoms in total. The Hall–Kier alpha value is -1.59. The Labute approximate surface area is 82.1 Å². The second-order valence-corrected chi connectivity index (χ2v) is 3.09. The van der Waals surface area contributed by atoms with E-state index in [2.05, 4.69) is 4.98 Å². The number of fused-ring (bicyclic) bond motifs is 1. The molecule has 80 valence electrons. The molecule has 15 heavy (non-hydrogen) atoms. The van der Waals surface area contributed by atoms with E-state index in [1.807, 2.05) is 0 Å². The average Bonchev–Trinajstić information content (AvgIpc) is 2.58. The number of benzene rings is 1. The van der Waals surface area contributed by atoms with Gasteiger partial charge in [-0.25, -0.2) is 13.8 Å². The largest absolute Gasteiger partial charge is 0.320 e. The van der Waals surface area contributed by atoms with Crippen molar-refractivity contribution >= 4 is 11.0 Å². The minimum atomic E-state index is -2.86. The van der Waals surface area contributed by atoms with Gasteiger partial charge < -0.3 is 0 Å². The van der Waals surface area contributed by atoms with E-state index < -0.39 is 18.2 Å². The molecule has 0 N–H and O–H groups in total. The van der Waals surface area contributed by atoms with Crippen LogP contribution >= 0.6 is 0 Å².